The number of rotatable bonds is 1. The molecule has 1 atom stereocenters. The molecule has 2 nitrogen and oxygen atoms in total. The number of thiocarbonyl (C=S) groups is 1. The SMILES string of the molecule is NC=S.c1ccc([C@H]2CCNC2)cc1. The Bertz CT molecular complexity index is 255. The molecule has 0 unspecified atom stereocenters. The van der Waals surface area contributed by atoms with Crippen LogP contribution in [-0.2, 0) is 0 Å². The highest BCUT2D eigenvalue weighted by molar-refractivity contribution is 7.78. The van der Waals surface area contributed by atoms with Crippen LogP contribution in [0.3, 0.4) is 0 Å². The van der Waals surface area contributed by atoms with Gasteiger partial charge in [-0.25, -0.2) is 0 Å². The summed E-state index contributed by atoms with van der Waals surface area (Å²) >= 11 is 4.05. The zero-order chi connectivity index (χ0) is 10.2. The van der Waals surface area contributed by atoms with Crippen molar-refractivity contribution >= 4 is 17.7 Å². The van der Waals surface area contributed by atoms with Crippen molar-refractivity contribution in [1.29, 1.82) is 0 Å². The number of hydrogen-bond donors (Lipinski definition) is 2. The third kappa shape index (κ3) is 3.44. The highest BCUT2D eigenvalue weighted by atomic mass is 32.1. The lowest BCUT2D eigenvalue weighted by Gasteiger charge is -2.06. The van der Waals surface area contributed by atoms with Gasteiger partial charge in [-0.2, -0.15) is 0 Å². The van der Waals surface area contributed by atoms with Crippen molar-refractivity contribution in [3.63, 3.8) is 0 Å². The van der Waals surface area contributed by atoms with Crippen LogP contribution in [0.25, 0.3) is 0 Å². The Morgan fingerprint density at radius 2 is 2.00 bits per heavy atom. The minimum absolute atomic E-state index is 0.760. The van der Waals surface area contributed by atoms with Crippen LogP contribution in [0, 0.1) is 0 Å². The van der Waals surface area contributed by atoms with Gasteiger partial charge >= 0.3 is 0 Å². The summed E-state index contributed by atoms with van der Waals surface area (Å²) in [6.45, 7) is 2.34. The molecule has 0 aromatic heterocycles. The molecular formula is C11H16N2S. The standard InChI is InChI=1S/C10H13N.CH3NS/c1-2-4-9(5-3-1)10-6-7-11-8-10;2-1-3/h1-5,10-11H,6-8H2;1H,(H2,2,3)/t10-;/m0./s1. The fourth-order valence-electron chi connectivity index (χ4n) is 1.66. The molecule has 0 bridgehead atoms. The minimum Gasteiger partial charge on any atom is -0.396 e. The van der Waals surface area contributed by atoms with Gasteiger partial charge in [-0.3, -0.25) is 0 Å². The van der Waals surface area contributed by atoms with Gasteiger partial charge in [0.1, 0.15) is 0 Å². The normalized spacial score (nSPS) is 19.6. The lowest BCUT2D eigenvalue weighted by Crippen LogP contribution is -2.07. The monoisotopic (exact) mass is 208 g/mol. The maximum absolute atomic E-state index is 4.54. The van der Waals surface area contributed by atoms with E-state index in [0.717, 1.165) is 18.0 Å². The quantitative estimate of drug-likeness (QED) is 0.689. The van der Waals surface area contributed by atoms with E-state index in [9.17, 15) is 0 Å². The molecule has 1 aliphatic heterocycles. The Balaban J connectivity index is 0.000000293. The second-order valence-electron chi connectivity index (χ2n) is 3.24. The van der Waals surface area contributed by atoms with E-state index in [1.54, 1.807) is 0 Å². The molecule has 14 heavy (non-hydrogen) atoms. The van der Waals surface area contributed by atoms with Crippen molar-refractivity contribution < 1.29 is 0 Å². The summed E-state index contributed by atoms with van der Waals surface area (Å²) in [6.07, 6.45) is 1.30. The van der Waals surface area contributed by atoms with Gasteiger partial charge in [0, 0.05) is 6.54 Å². The number of nitrogens with one attached hydrogen (secondary N) is 1. The molecule has 0 amide bonds. The van der Waals surface area contributed by atoms with Crippen LogP contribution in [-0.4, -0.2) is 18.6 Å². The van der Waals surface area contributed by atoms with E-state index in [0.29, 0.717) is 0 Å². The average molecular weight is 208 g/mol. The molecule has 0 saturated carbocycles. The zero-order valence-corrected chi connectivity index (χ0v) is 8.96. The van der Waals surface area contributed by atoms with Gasteiger partial charge < -0.3 is 11.1 Å². The second kappa shape index (κ2) is 6.51. The van der Waals surface area contributed by atoms with Crippen LogP contribution in [0.1, 0.15) is 17.9 Å². The van der Waals surface area contributed by atoms with Gasteiger partial charge in [0.15, 0.2) is 0 Å². The Morgan fingerprint density at radius 3 is 2.50 bits per heavy atom. The van der Waals surface area contributed by atoms with Gasteiger partial charge in [0.05, 0.1) is 5.49 Å². The maximum atomic E-state index is 4.54. The molecule has 0 aliphatic carbocycles. The van der Waals surface area contributed by atoms with Crippen LogP contribution in [0.15, 0.2) is 30.3 Å². The Labute approximate surface area is 90.5 Å². The molecule has 1 saturated heterocycles. The summed E-state index contributed by atoms with van der Waals surface area (Å²) in [4.78, 5) is 0. The van der Waals surface area contributed by atoms with Gasteiger partial charge in [-0.05, 0) is 24.4 Å². The average Bonchev–Trinajstić information content (AvgIpc) is 2.73. The second-order valence-corrected chi connectivity index (χ2v) is 3.51. The Morgan fingerprint density at radius 1 is 1.36 bits per heavy atom. The number of benzene rings is 1. The van der Waals surface area contributed by atoms with Crippen LogP contribution in [0.4, 0.5) is 0 Å². The molecule has 1 fully saturated rings. The molecule has 3 heteroatoms. The van der Waals surface area contributed by atoms with E-state index in [-0.39, 0.29) is 0 Å². The van der Waals surface area contributed by atoms with Crippen LogP contribution in [0.5, 0.6) is 0 Å². The fraction of sp³-hybridized carbons (Fsp3) is 0.364. The predicted octanol–water partition coefficient (Wildman–Crippen LogP) is 1.67. The van der Waals surface area contributed by atoms with E-state index < -0.39 is 0 Å². The Hall–Kier alpha value is -0.930. The third-order valence-corrected chi connectivity index (χ3v) is 2.33. The van der Waals surface area contributed by atoms with Crippen molar-refractivity contribution in [3.8, 4) is 0 Å². The summed E-state index contributed by atoms with van der Waals surface area (Å²) in [7, 11) is 0. The molecule has 1 aromatic rings. The first-order valence-corrected chi connectivity index (χ1v) is 5.26. The van der Waals surface area contributed by atoms with Crippen LogP contribution >= 0.6 is 12.2 Å². The third-order valence-electron chi connectivity index (χ3n) is 2.33. The summed E-state index contributed by atoms with van der Waals surface area (Å²) < 4.78 is 0. The van der Waals surface area contributed by atoms with Gasteiger partial charge in [0.25, 0.3) is 0 Å². The maximum Gasteiger partial charge on any atom is 0.0588 e. The van der Waals surface area contributed by atoms with E-state index in [2.05, 4.69) is 53.6 Å². The molecule has 0 radical (unpaired) electrons. The van der Waals surface area contributed by atoms with Crippen molar-refractivity contribution in [2.45, 2.75) is 12.3 Å². The van der Waals surface area contributed by atoms with E-state index >= 15 is 0 Å². The smallest absolute Gasteiger partial charge is 0.0588 e. The summed E-state index contributed by atoms with van der Waals surface area (Å²) in [5, 5.41) is 3.37. The first-order chi connectivity index (χ1) is 6.88. The van der Waals surface area contributed by atoms with Crippen LogP contribution in [0.2, 0.25) is 0 Å². The minimum atomic E-state index is 0.760. The molecule has 1 heterocycles. The largest absolute Gasteiger partial charge is 0.396 e. The van der Waals surface area contributed by atoms with Gasteiger partial charge in [-0.1, -0.05) is 42.5 Å². The molecule has 0 spiro atoms. The van der Waals surface area contributed by atoms with Crippen LogP contribution < -0.4 is 11.1 Å². The van der Waals surface area contributed by atoms with E-state index in [1.807, 2.05) is 0 Å². The highest BCUT2D eigenvalue weighted by Gasteiger charge is 2.15. The van der Waals surface area contributed by atoms with Crippen molar-refractivity contribution in [2.24, 2.45) is 5.73 Å². The molecule has 1 aliphatic rings. The summed E-state index contributed by atoms with van der Waals surface area (Å²) in [5.74, 6) is 0.760. The van der Waals surface area contributed by atoms with Gasteiger partial charge in [-0.15, -0.1) is 0 Å². The fourth-order valence-corrected chi connectivity index (χ4v) is 1.66. The van der Waals surface area contributed by atoms with Crippen molar-refractivity contribution in [2.75, 3.05) is 13.1 Å². The summed E-state index contributed by atoms with van der Waals surface area (Å²) in [5.41, 5.74) is 7.10. The topological polar surface area (TPSA) is 38.0 Å². The van der Waals surface area contributed by atoms with E-state index in [4.69, 9.17) is 0 Å². The van der Waals surface area contributed by atoms with Gasteiger partial charge in [0.2, 0.25) is 0 Å². The molecular weight excluding hydrogens is 192 g/mol. The molecule has 2 rings (SSSR count). The van der Waals surface area contributed by atoms with E-state index in [1.165, 1.54) is 18.5 Å². The van der Waals surface area contributed by atoms with Crippen molar-refractivity contribution in [1.82, 2.24) is 5.32 Å². The number of hydrogen-bond acceptors (Lipinski definition) is 2. The molecule has 3 N–H and O–H groups in total. The number of nitrogens with two attached hydrogens (primary N) is 1. The zero-order valence-electron chi connectivity index (χ0n) is 8.15. The highest BCUT2D eigenvalue weighted by Crippen LogP contribution is 2.21. The lowest BCUT2D eigenvalue weighted by molar-refractivity contribution is 0.763. The summed E-state index contributed by atoms with van der Waals surface area (Å²) in [6, 6.07) is 10.8. The lowest BCUT2D eigenvalue weighted by atomic mass is 9.99. The first kappa shape index (κ1) is 11.1. The first-order valence-electron chi connectivity index (χ1n) is 4.79. The van der Waals surface area contributed by atoms with Crippen molar-refractivity contribution in [3.05, 3.63) is 35.9 Å². The molecule has 76 valence electrons. The predicted molar refractivity (Wildman–Crippen MR) is 64.5 cm³/mol. The Kier molecular flexibility index (Phi) is 5.19. The molecule has 1 aromatic carbocycles.